The maximum absolute atomic E-state index is 14.1. The fourth-order valence-corrected chi connectivity index (χ4v) is 9.54. The Bertz CT molecular complexity index is 909. The Morgan fingerprint density at radius 3 is 1.76 bits per heavy atom. The van der Waals surface area contributed by atoms with Crippen LogP contribution in [-0.2, 0) is 24.7 Å². The Balaban J connectivity index is 0.000000202. The van der Waals surface area contributed by atoms with Crippen molar-refractivity contribution in [3.63, 3.8) is 0 Å². The second-order valence-corrected chi connectivity index (χ2v) is 12.4. The van der Waals surface area contributed by atoms with Crippen LogP contribution >= 0.6 is 7.14 Å². The van der Waals surface area contributed by atoms with Gasteiger partial charge in [0.15, 0.2) is 0 Å². The number of nitrogens with zero attached hydrogens (tertiary/aromatic N) is 1. The van der Waals surface area contributed by atoms with Crippen LogP contribution in [-0.4, -0.2) is 16.3 Å². The molecule has 2 saturated carbocycles. The molecule has 0 unspecified atom stereocenters. The first-order chi connectivity index (χ1) is 15.8. The molecule has 4 heteroatoms. The topological polar surface area (TPSA) is 30.0 Å². The fraction of sp³-hybridized carbons (Fsp3) is 0.414. The van der Waals surface area contributed by atoms with Crippen molar-refractivity contribution in [2.45, 2.75) is 75.5 Å². The summed E-state index contributed by atoms with van der Waals surface area (Å²) in [5.41, 5.74) is 2.90. The molecule has 3 aromatic rings. The van der Waals surface area contributed by atoms with Crippen LogP contribution in [0.25, 0.3) is 11.3 Å². The van der Waals surface area contributed by atoms with Crippen LogP contribution in [0.2, 0.25) is 0 Å². The number of rotatable bonds is 4. The molecule has 33 heavy (non-hydrogen) atoms. The van der Waals surface area contributed by atoms with Gasteiger partial charge in [-0.05, 0) is 37.4 Å². The van der Waals surface area contributed by atoms with Crippen LogP contribution in [0.3, 0.4) is 0 Å². The Hall–Kier alpha value is -1.53. The summed E-state index contributed by atoms with van der Waals surface area (Å²) in [4.78, 5) is 4.22. The van der Waals surface area contributed by atoms with Gasteiger partial charge in [0.2, 0.25) is 0 Å². The molecule has 1 radical (unpaired) electrons. The zero-order valence-corrected chi connectivity index (χ0v) is 22.6. The van der Waals surface area contributed by atoms with Gasteiger partial charge in [0.05, 0.1) is 7.14 Å². The Morgan fingerprint density at radius 2 is 1.27 bits per heavy atom. The Labute approximate surface area is 213 Å². The summed E-state index contributed by atoms with van der Waals surface area (Å²) in [6.07, 6.45) is 14.3. The van der Waals surface area contributed by atoms with E-state index in [4.69, 9.17) is 0 Å². The predicted octanol–water partition coefficient (Wildman–Crippen LogP) is 7.69. The summed E-state index contributed by atoms with van der Waals surface area (Å²) in [6, 6.07) is 28.2. The van der Waals surface area contributed by atoms with E-state index < -0.39 is 7.14 Å². The van der Waals surface area contributed by atoms with E-state index in [-0.39, 0.29) is 20.1 Å². The van der Waals surface area contributed by atoms with Gasteiger partial charge in [-0.1, -0.05) is 50.7 Å². The summed E-state index contributed by atoms with van der Waals surface area (Å²) < 4.78 is 14.1. The van der Waals surface area contributed by atoms with E-state index in [2.05, 4.69) is 23.2 Å². The maximum atomic E-state index is 14.1. The molecule has 1 heterocycles. The molecule has 0 saturated heterocycles. The average Bonchev–Trinajstić information content (AvgIpc) is 2.91. The molecule has 2 aliphatic rings. The van der Waals surface area contributed by atoms with Crippen LogP contribution in [0.1, 0.15) is 64.2 Å². The number of pyridine rings is 1. The van der Waals surface area contributed by atoms with Gasteiger partial charge in [0, 0.05) is 37.6 Å². The summed E-state index contributed by atoms with van der Waals surface area (Å²) in [6.45, 7) is 0. The number of aromatic nitrogens is 1. The van der Waals surface area contributed by atoms with Crippen molar-refractivity contribution in [3.05, 3.63) is 85.1 Å². The van der Waals surface area contributed by atoms with Crippen LogP contribution in [0.4, 0.5) is 0 Å². The molecule has 2 fully saturated rings. The second-order valence-electron chi connectivity index (χ2n) is 9.03. The van der Waals surface area contributed by atoms with Crippen LogP contribution in [0, 0.1) is 12.1 Å². The van der Waals surface area contributed by atoms with Crippen molar-refractivity contribution in [2.75, 3.05) is 0 Å². The summed E-state index contributed by atoms with van der Waals surface area (Å²) in [5.74, 6) is 0. The summed E-state index contributed by atoms with van der Waals surface area (Å²) in [5, 5.41) is 1.05. The molecule has 177 valence electrons. The minimum Gasteiger partial charge on any atom is -0.320 e. The zero-order chi connectivity index (χ0) is 22.1. The van der Waals surface area contributed by atoms with Gasteiger partial charge in [-0.15, -0.1) is 41.2 Å². The van der Waals surface area contributed by atoms with Crippen molar-refractivity contribution in [3.8, 4) is 11.3 Å². The second kappa shape index (κ2) is 13.4. The molecule has 1 aromatic heterocycles. The molecular formula is C29H34IrNOP-2. The van der Waals surface area contributed by atoms with E-state index in [9.17, 15) is 4.57 Å². The molecule has 2 aliphatic carbocycles. The summed E-state index contributed by atoms with van der Waals surface area (Å²) in [7, 11) is -2.28. The van der Waals surface area contributed by atoms with Gasteiger partial charge in [0.1, 0.15) is 0 Å². The predicted molar refractivity (Wildman–Crippen MR) is 135 cm³/mol. The first-order valence-corrected chi connectivity index (χ1v) is 14.1. The first-order valence-electron chi connectivity index (χ1n) is 12.2. The van der Waals surface area contributed by atoms with E-state index in [0.717, 1.165) is 16.6 Å². The number of hydrogen-bond donors (Lipinski definition) is 0. The molecule has 0 bridgehead atoms. The molecule has 0 amide bonds. The maximum Gasteiger partial charge on any atom is 0.0978 e. The van der Waals surface area contributed by atoms with E-state index in [0.29, 0.717) is 11.3 Å². The van der Waals surface area contributed by atoms with Gasteiger partial charge >= 0.3 is 0 Å². The van der Waals surface area contributed by atoms with Crippen molar-refractivity contribution in [1.29, 1.82) is 0 Å². The molecule has 0 aliphatic heterocycles. The molecule has 2 aromatic carbocycles. The van der Waals surface area contributed by atoms with Crippen LogP contribution < -0.4 is 5.30 Å². The van der Waals surface area contributed by atoms with Crippen molar-refractivity contribution >= 4 is 12.4 Å². The van der Waals surface area contributed by atoms with E-state index in [1.165, 1.54) is 64.2 Å². The van der Waals surface area contributed by atoms with Crippen molar-refractivity contribution < 1.29 is 24.7 Å². The molecular weight excluding hydrogens is 602 g/mol. The summed E-state index contributed by atoms with van der Waals surface area (Å²) >= 11 is 0. The quantitative estimate of drug-likeness (QED) is 0.218. The molecule has 0 N–H and O–H groups in total. The SMILES string of the molecule is O=P(c1[c-]cccc1)(C1CCCCC1)C1CCCCC1.[Ir].[c-]1ccccc1-c1ccccn1. The molecule has 2 nitrogen and oxygen atoms in total. The molecule has 0 spiro atoms. The van der Waals surface area contributed by atoms with Gasteiger partial charge < -0.3 is 9.55 Å². The third-order valence-corrected chi connectivity index (χ3v) is 11.2. The average molecular weight is 636 g/mol. The Kier molecular flexibility index (Phi) is 10.6. The van der Waals surface area contributed by atoms with Gasteiger partial charge in [-0.25, -0.2) is 0 Å². The van der Waals surface area contributed by atoms with Crippen molar-refractivity contribution in [2.24, 2.45) is 0 Å². The van der Waals surface area contributed by atoms with Gasteiger partial charge in [-0.3, -0.25) is 0 Å². The van der Waals surface area contributed by atoms with E-state index >= 15 is 0 Å². The Morgan fingerprint density at radius 1 is 0.697 bits per heavy atom. The van der Waals surface area contributed by atoms with Crippen molar-refractivity contribution in [1.82, 2.24) is 4.98 Å². The third kappa shape index (κ3) is 6.75. The van der Waals surface area contributed by atoms with E-state index in [1.54, 1.807) is 6.20 Å². The molecule has 0 atom stereocenters. The third-order valence-electron chi connectivity index (χ3n) is 6.95. The normalized spacial score (nSPS) is 17.3. The molecule has 5 rings (SSSR count). The smallest absolute Gasteiger partial charge is 0.0978 e. The standard InChI is InChI=1S/C18H26OP.C11H8N.Ir/c19-20(16-10-4-1-5-11-16,17-12-6-2-7-13-17)18-14-8-3-9-15-18;1-2-6-10(7-3-1)11-8-4-5-9-12-11;/h1,4-5,10,17-18H,2-3,6-9,12-15H2;1-6,8-9H;/q2*-1;. The minimum atomic E-state index is -2.28. The van der Waals surface area contributed by atoms with E-state index in [1.807, 2.05) is 60.7 Å². The monoisotopic (exact) mass is 636 g/mol. The number of benzene rings is 2. The minimum absolute atomic E-state index is 0. The largest absolute Gasteiger partial charge is 0.320 e. The first kappa shape index (κ1) is 26.1. The number of hydrogen-bond acceptors (Lipinski definition) is 2. The van der Waals surface area contributed by atoms with Gasteiger partial charge in [-0.2, -0.15) is 30.3 Å². The van der Waals surface area contributed by atoms with Gasteiger partial charge in [0.25, 0.3) is 0 Å². The fourth-order valence-electron chi connectivity index (χ4n) is 5.30. The zero-order valence-electron chi connectivity index (χ0n) is 19.3. The van der Waals surface area contributed by atoms with Crippen LogP contribution in [0.15, 0.2) is 72.9 Å². The van der Waals surface area contributed by atoms with Crippen LogP contribution in [0.5, 0.6) is 0 Å².